The molecule has 1 N–H and O–H groups in total. The lowest BCUT2D eigenvalue weighted by molar-refractivity contribution is 0.368. The van der Waals surface area contributed by atoms with E-state index in [4.69, 9.17) is 4.74 Å². The number of aryl methyl sites for hydroxylation is 1. The van der Waals surface area contributed by atoms with Crippen molar-refractivity contribution in [3.05, 3.63) is 11.9 Å². The fourth-order valence-corrected chi connectivity index (χ4v) is 3.34. The maximum absolute atomic E-state index is 5.48. The smallest absolute Gasteiger partial charge is 0.161 e. The lowest BCUT2D eigenvalue weighted by Gasteiger charge is -2.21. The predicted molar refractivity (Wildman–Crippen MR) is 82.0 cm³/mol. The van der Waals surface area contributed by atoms with E-state index in [0.717, 1.165) is 24.6 Å². The molecular weight excluding hydrogens is 250 g/mol. The Labute approximate surface area is 122 Å². The van der Waals surface area contributed by atoms with Crippen LogP contribution in [0, 0.1) is 5.92 Å². The molecule has 1 aliphatic rings. The number of hydrogen-bond donors (Lipinski definition) is 1. The average molecular weight is 279 g/mol. The molecule has 1 saturated carbocycles. The summed E-state index contributed by atoms with van der Waals surface area (Å²) < 4.78 is 7.43. The Balaban J connectivity index is 2.03. The summed E-state index contributed by atoms with van der Waals surface area (Å²) in [5.41, 5.74) is 1.19. The highest BCUT2D eigenvalue weighted by Gasteiger charge is 2.22. The Hall–Kier alpha value is -1.03. The quantitative estimate of drug-likeness (QED) is 0.792. The Morgan fingerprint density at radius 2 is 2.20 bits per heavy atom. The third-order valence-electron chi connectivity index (χ3n) is 4.48. The molecule has 1 atom stereocenters. The highest BCUT2D eigenvalue weighted by Crippen LogP contribution is 2.33. The standard InChI is InChI=1S/C16H29N3O/c1-4-11-17-14(10-9-13-7-5-6-8-13)16-15(20-3)12-18-19(16)2/h12-14,17H,4-11H2,1-3H3. The van der Waals surface area contributed by atoms with Gasteiger partial charge < -0.3 is 10.1 Å². The molecule has 20 heavy (non-hydrogen) atoms. The van der Waals surface area contributed by atoms with E-state index < -0.39 is 0 Å². The van der Waals surface area contributed by atoms with Crippen LogP contribution >= 0.6 is 0 Å². The molecule has 0 radical (unpaired) electrons. The molecule has 1 aromatic heterocycles. The van der Waals surface area contributed by atoms with Crippen molar-refractivity contribution in [2.45, 2.75) is 57.9 Å². The summed E-state index contributed by atoms with van der Waals surface area (Å²) in [4.78, 5) is 0. The summed E-state index contributed by atoms with van der Waals surface area (Å²) in [6.45, 7) is 3.26. The Bertz CT molecular complexity index is 396. The zero-order valence-electron chi connectivity index (χ0n) is 13.2. The lowest BCUT2D eigenvalue weighted by atomic mass is 9.96. The minimum Gasteiger partial charge on any atom is -0.493 e. The first-order valence-corrected chi connectivity index (χ1v) is 8.05. The molecule has 0 spiro atoms. The molecule has 0 amide bonds. The van der Waals surface area contributed by atoms with Crippen LogP contribution in [0.15, 0.2) is 6.20 Å². The van der Waals surface area contributed by atoms with Crippen molar-refractivity contribution in [1.29, 1.82) is 0 Å². The molecule has 0 bridgehead atoms. The number of hydrogen-bond acceptors (Lipinski definition) is 3. The van der Waals surface area contributed by atoms with E-state index in [-0.39, 0.29) is 0 Å². The van der Waals surface area contributed by atoms with Crippen molar-refractivity contribution in [3.8, 4) is 5.75 Å². The van der Waals surface area contributed by atoms with Crippen LogP contribution < -0.4 is 10.1 Å². The maximum Gasteiger partial charge on any atom is 0.161 e. The summed E-state index contributed by atoms with van der Waals surface area (Å²) >= 11 is 0. The van der Waals surface area contributed by atoms with Crippen LogP contribution in [0.1, 0.15) is 63.6 Å². The highest BCUT2D eigenvalue weighted by atomic mass is 16.5. The van der Waals surface area contributed by atoms with Gasteiger partial charge in [-0.1, -0.05) is 32.6 Å². The molecular formula is C16H29N3O. The van der Waals surface area contributed by atoms with Gasteiger partial charge in [0.25, 0.3) is 0 Å². The number of rotatable bonds is 8. The fraction of sp³-hybridized carbons (Fsp3) is 0.812. The van der Waals surface area contributed by atoms with Gasteiger partial charge in [-0.05, 0) is 31.7 Å². The number of methoxy groups -OCH3 is 1. The monoisotopic (exact) mass is 279 g/mol. The van der Waals surface area contributed by atoms with Gasteiger partial charge in [-0.25, -0.2) is 0 Å². The van der Waals surface area contributed by atoms with Crippen LogP contribution in [0.5, 0.6) is 5.75 Å². The van der Waals surface area contributed by atoms with E-state index in [1.165, 1.54) is 44.2 Å². The lowest BCUT2D eigenvalue weighted by Crippen LogP contribution is -2.25. The summed E-state index contributed by atoms with van der Waals surface area (Å²) in [6.07, 6.45) is 11.2. The summed E-state index contributed by atoms with van der Waals surface area (Å²) in [5.74, 6) is 1.84. The number of aromatic nitrogens is 2. The minimum absolute atomic E-state index is 0.359. The summed E-state index contributed by atoms with van der Waals surface area (Å²) in [7, 11) is 3.74. The highest BCUT2D eigenvalue weighted by molar-refractivity contribution is 5.28. The first kappa shape index (κ1) is 15.4. The molecule has 0 aromatic carbocycles. The van der Waals surface area contributed by atoms with Crippen LogP contribution in [0.25, 0.3) is 0 Å². The van der Waals surface area contributed by atoms with Gasteiger partial charge in [0.2, 0.25) is 0 Å². The second-order valence-electron chi connectivity index (χ2n) is 5.96. The summed E-state index contributed by atoms with van der Waals surface area (Å²) in [6, 6.07) is 0.359. The van der Waals surface area contributed by atoms with Gasteiger partial charge in [0.1, 0.15) is 0 Å². The van der Waals surface area contributed by atoms with Crippen molar-refractivity contribution in [1.82, 2.24) is 15.1 Å². The van der Waals surface area contributed by atoms with Gasteiger partial charge >= 0.3 is 0 Å². The van der Waals surface area contributed by atoms with Crippen molar-refractivity contribution in [2.75, 3.05) is 13.7 Å². The third-order valence-corrected chi connectivity index (χ3v) is 4.48. The molecule has 1 heterocycles. The Morgan fingerprint density at radius 3 is 2.85 bits per heavy atom. The zero-order chi connectivity index (χ0) is 14.4. The molecule has 4 nitrogen and oxygen atoms in total. The molecule has 1 aliphatic carbocycles. The first-order chi connectivity index (χ1) is 9.76. The van der Waals surface area contributed by atoms with E-state index in [9.17, 15) is 0 Å². The zero-order valence-corrected chi connectivity index (χ0v) is 13.2. The summed E-state index contributed by atoms with van der Waals surface area (Å²) in [5, 5.41) is 8.02. The second kappa shape index (κ2) is 7.67. The Morgan fingerprint density at radius 1 is 1.45 bits per heavy atom. The van der Waals surface area contributed by atoms with E-state index in [1.54, 1.807) is 7.11 Å². The Kier molecular flexibility index (Phi) is 5.89. The molecule has 4 heteroatoms. The topological polar surface area (TPSA) is 39.1 Å². The van der Waals surface area contributed by atoms with Gasteiger partial charge in [-0.2, -0.15) is 5.10 Å². The molecule has 1 unspecified atom stereocenters. The van der Waals surface area contributed by atoms with Crippen molar-refractivity contribution < 1.29 is 4.74 Å². The molecule has 0 aliphatic heterocycles. The van der Waals surface area contributed by atoms with Crippen LogP contribution in [-0.4, -0.2) is 23.4 Å². The average Bonchev–Trinajstić information content (AvgIpc) is 3.09. The van der Waals surface area contributed by atoms with Gasteiger partial charge in [0.15, 0.2) is 5.75 Å². The maximum atomic E-state index is 5.48. The van der Waals surface area contributed by atoms with Crippen molar-refractivity contribution in [3.63, 3.8) is 0 Å². The minimum atomic E-state index is 0.359. The first-order valence-electron chi connectivity index (χ1n) is 8.05. The van der Waals surface area contributed by atoms with Gasteiger partial charge in [0.05, 0.1) is 25.0 Å². The van der Waals surface area contributed by atoms with E-state index >= 15 is 0 Å². The number of nitrogens with one attached hydrogen (secondary N) is 1. The number of ether oxygens (including phenoxy) is 1. The van der Waals surface area contributed by atoms with Gasteiger partial charge in [0, 0.05) is 7.05 Å². The molecule has 1 fully saturated rings. The van der Waals surface area contributed by atoms with Crippen LogP contribution in [-0.2, 0) is 7.05 Å². The van der Waals surface area contributed by atoms with Crippen molar-refractivity contribution >= 4 is 0 Å². The SMILES string of the molecule is CCCNC(CCC1CCCC1)c1c(OC)cnn1C. The predicted octanol–water partition coefficient (Wildman–Crippen LogP) is 3.44. The van der Waals surface area contributed by atoms with E-state index in [0.29, 0.717) is 6.04 Å². The van der Waals surface area contributed by atoms with Gasteiger partial charge in [-0.15, -0.1) is 0 Å². The number of nitrogens with zero attached hydrogens (tertiary/aromatic N) is 2. The van der Waals surface area contributed by atoms with Crippen LogP contribution in [0.3, 0.4) is 0 Å². The normalized spacial score (nSPS) is 17.6. The van der Waals surface area contributed by atoms with Crippen LogP contribution in [0.4, 0.5) is 0 Å². The van der Waals surface area contributed by atoms with Crippen molar-refractivity contribution in [2.24, 2.45) is 13.0 Å². The largest absolute Gasteiger partial charge is 0.493 e. The van der Waals surface area contributed by atoms with Crippen LogP contribution in [0.2, 0.25) is 0 Å². The van der Waals surface area contributed by atoms with E-state index in [1.807, 2.05) is 17.9 Å². The second-order valence-corrected chi connectivity index (χ2v) is 5.96. The fourth-order valence-electron chi connectivity index (χ4n) is 3.34. The molecule has 1 aromatic rings. The van der Waals surface area contributed by atoms with E-state index in [2.05, 4.69) is 17.3 Å². The third kappa shape index (κ3) is 3.75. The van der Waals surface area contributed by atoms with Gasteiger partial charge in [-0.3, -0.25) is 4.68 Å². The molecule has 2 rings (SSSR count). The molecule has 0 saturated heterocycles. The molecule has 114 valence electrons.